The second kappa shape index (κ2) is 6.37. The molecule has 1 aromatic carbocycles. The molecule has 21 heavy (non-hydrogen) atoms. The fraction of sp³-hybridized carbons (Fsp3) is 0.0833. The Morgan fingerprint density at radius 2 is 2.24 bits per heavy atom. The number of hydrogen-bond acceptors (Lipinski definition) is 6. The van der Waals surface area contributed by atoms with Gasteiger partial charge in [-0.15, -0.1) is 0 Å². The van der Waals surface area contributed by atoms with E-state index in [2.05, 4.69) is 15.9 Å². The minimum absolute atomic E-state index is 0.0552. The molecule has 2 aromatic rings. The zero-order chi connectivity index (χ0) is 15.4. The lowest BCUT2D eigenvalue weighted by Crippen LogP contribution is -2.29. The highest BCUT2D eigenvalue weighted by molar-refractivity contribution is 9.10. The van der Waals surface area contributed by atoms with E-state index in [0.29, 0.717) is 10.2 Å². The summed E-state index contributed by atoms with van der Waals surface area (Å²) in [7, 11) is 0. The molecule has 0 saturated carbocycles. The van der Waals surface area contributed by atoms with Gasteiger partial charge < -0.3 is 9.15 Å². The first-order valence-corrected chi connectivity index (χ1v) is 6.45. The van der Waals surface area contributed by atoms with Crippen molar-refractivity contribution in [3.8, 4) is 5.75 Å². The second-order valence-corrected chi connectivity index (χ2v) is 4.85. The summed E-state index contributed by atoms with van der Waals surface area (Å²) in [6, 6.07) is 5.87. The predicted octanol–water partition coefficient (Wildman–Crippen LogP) is 2.13. The summed E-state index contributed by atoms with van der Waals surface area (Å²) in [6.45, 7) is -0.0552. The Morgan fingerprint density at radius 3 is 2.90 bits per heavy atom. The molecular formula is C12H10BrN3O5. The first kappa shape index (κ1) is 15.0. The molecule has 0 aliphatic heterocycles. The number of nitrogens with one attached hydrogen (secondary N) is 1. The number of nitro benzene ring substituents is 1. The number of nitro groups is 1. The van der Waals surface area contributed by atoms with Gasteiger partial charge in [-0.2, -0.15) is 0 Å². The highest BCUT2D eigenvalue weighted by Crippen LogP contribution is 2.30. The molecule has 0 fully saturated rings. The number of nitrogen functional groups attached to an aromatic ring is 1. The quantitative estimate of drug-likeness (QED) is 0.366. The minimum Gasteiger partial charge on any atom is -0.479 e. The molecule has 1 heterocycles. The molecule has 3 N–H and O–H groups in total. The van der Waals surface area contributed by atoms with Crippen LogP contribution in [-0.2, 0) is 6.61 Å². The summed E-state index contributed by atoms with van der Waals surface area (Å²) in [6.07, 6.45) is 1.22. The average molecular weight is 356 g/mol. The Hall–Kier alpha value is -2.39. The van der Waals surface area contributed by atoms with Gasteiger partial charge in [-0.25, -0.2) is 5.84 Å². The van der Waals surface area contributed by atoms with E-state index in [-0.39, 0.29) is 23.6 Å². The van der Waals surface area contributed by atoms with Crippen LogP contribution in [0.4, 0.5) is 5.69 Å². The number of halogens is 1. The Labute approximate surface area is 127 Å². The normalized spacial score (nSPS) is 10.2. The number of ether oxygens (including phenoxy) is 1. The molecule has 0 aliphatic rings. The molecular weight excluding hydrogens is 346 g/mol. The van der Waals surface area contributed by atoms with Gasteiger partial charge in [0.15, 0.2) is 5.75 Å². The van der Waals surface area contributed by atoms with Crippen LogP contribution in [0.15, 0.2) is 39.4 Å². The molecule has 0 atom stereocenters. The molecule has 1 amide bonds. The SMILES string of the molecule is NNC(=O)c1coc(COc2ccc(Br)cc2[N+](=O)[O-])c1. The molecule has 0 saturated heterocycles. The number of nitrogens with two attached hydrogens (primary N) is 1. The van der Waals surface area contributed by atoms with E-state index < -0.39 is 10.8 Å². The third-order valence-electron chi connectivity index (χ3n) is 2.53. The fourth-order valence-corrected chi connectivity index (χ4v) is 1.91. The van der Waals surface area contributed by atoms with Crippen molar-refractivity contribution in [3.63, 3.8) is 0 Å². The maximum atomic E-state index is 11.3. The third kappa shape index (κ3) is 3.58. The van der Waals surface area contributed by atoms with E-state index in [9.17, 15) is 14.9 Å². The summed E-state index contributed by atoms with van der Waals surface area (Å²) in [4.78, 5) is 21.6. The number of nitrogens with zero attached hydrogens (tertiary/aromatic N) is 1. The minimum atomic E-state index is -0.546. The lowest BCUT2D eigenvalue weighted by atomic mass is 10.3. The first-order valence-electron chi connectivity index (χ1n) is 5.66. The van der Waals surface area contributed by atoms with Gasteiger partial charge in [-0.1, -0.05) is 15.9 Å². The van der Waals surface area contributed by atoms with Crippen LogP contribution in [0, 0.1) is 10.1 Å². The number of rotatable bonds is 5. The van der Waals surface area contributed by atoms with E-state index in [1.165, 1.54) is 24.5 Å². The molecule has 0 radical (unpaired) electrons. The van der Waals surface area contributed by atoms with Crippen LogP contribution in [0.5, 0.6) is 5.75 Å². The van der Waals surface area contributed by atoms with Gasteiger partial charge in [0, 0.05) is 10.5 Å². The molecule has 0 spiro atoms. The average Bonchev–Trinajstić information content (AvgIpc) is 2.93. The molecule has 9 heteroatoms. The van der Waals surface area contributed by atoms with Crippen LogP contribution in [-0.4, -0.2) is 10.8 Å². The second-order valence-electron chi connectivity index (χ2n) is 3.93. The van der Waals surface area contributed by atoms with Crippen LogP contribution < -0.4 is 16.0 Å². The number of hydrogen-bond donors (Lipinski definition) is 2. The molecule has 110 valence electrons. The van der Waals surface area contributed by atoms with Crippen molar-refractivity contribution in [1.29, 1.82) is 0 Å². The molecule has 0 bridgehead atoms. The van der Waals surface area contributed by atoms with Crippen molar-refractivity contribution in [2.24, 2.45) is 5.84 Å². The topological polar surface area (TPSA) is 121 Å². The molecule has 0 unspecified atom stereocenters. The van der Waals surface area contributed by atoms with Crippen molar-refractivity contribution in [2.45, 2.75) is 6.61 Å². The van der Waals surface area contributed by atoms with E-state index in [0.717, 1.165) is 0 Å². The zero-order valence-corrected chi connectivity index (χ0v) is 12.1. The van der Waals surface area contributed by atoms with Crippen molar-refractivity contribution in [3.05, 3.63) is 56.4 Å². The monoisotopic (exact) mass is 355 g/mol. The number of furan rings is 1. The summed E-state index contributed by atoms with van der Waals surface area (Å²) >= 11 is 3.15. The highest BCUT2D eigenvalue weighted by atomic mass is 79.9. The predicted molar refractivity (Wildman–Crippen MR) is 75.5 cm³/mol. The molecule has 1 aromatic heterocycles. The van der Waals surface area contributed by atoms with Crippen LogP contribution in [0.2, 0.25) is 0 Å². The van der Waals surface area contributed by atoms with Crippen LogP contribution in [0.1, 0.15) is 16.1 Å². The smallest absolute Gasteiger partial charge is 0.312 e. The van der Waals surface area contributed by atoms with Gasteiger partial charge in [0.1, 0.15) is 18.6 Å². The van der Waals surface area contributed by atoms with Gasteiger partial charge >= 0.3 is 5.69 Å². The lowest BCUT2D eigenvalue weighted by molar-refractivity contribution is -0.386. The highest BCUT2D eigenvalue weighted by Gasteiger charge is 2.16. The summed E-state index contributed by atoms with van der Waals surface area (Å²) in [5.74, 6) is 4.93. The maximum absolute atomic E-state index is 11.3. The maximum Gasteiger partial charge on any atom is 0.312 e. The van der Waals surface area contributed by atoms with Gasteiger partial charge in [-0.3, -0.25) is 20.3 Å². The van der Waals surface area contributed by atoms with Crippen molar-refractivity contribution in [1.82, 2.24) is 5.43 Å². The largest absolute Gasteiger partial charge is 0.479 e. The van der Waals surface area contributed by atoms with E-state index in [1.807, 2.05) is 5.43 Å². The fourth-order valence-electron chi connectivity index (χ4n) is 1.56. The zero-order valence-electron chi connectivity index (χ0n) is 10.5. The number of amides is 1. The number of hydrazine groups is 1. The summed E-state index contributed by atoms with van der Waals surface area (Å²) in [5.41, 5.74) is 2.03. The molecule has 8 nitrogen and oxygen atoms in total. The summed E-state index contributed by atoms with van der Waals surface area (Å²) < 4.78 is 11.0. The Morgan fingerprint density at radius 1 is 1.48 bits per heavy atom. The Kier molecular flexibility index (Phi) is 4.55. The van der Waals surface area contributed by atoms with Gasteiger partial charge in [-0.05, 0) is 18.2 Å². The van der Waals surface area contributed by atoms with Crippen molar-refractivity contribution in [2.75, 3.05) is 0 Å². The first-order chi connectivity index (χ1) is 10.0. The number of carbonyl (C=O) groups excluding carboxylic acids is 1. The molecule has 2 rings (SSSR count). The standard InChI is InChI=1S/C12H10BrN3O5/c13-8-1-2-11(10(4-8)16(18)19)21-6-9-3-7(5-20-9)12(17)15-14/h1-5H,6,14H2,(H,15,17). The Balaban J connectivity index is 2.11. The molecule has 0 aliphatic carbocycles. The van der Waals surface area contributed by atoms with E-state index in [1.54, 1.807) is 6.07 Å². The Bertz CT molecular complexity index is 685. The number of benzene rings is 1. The van der Waals surface area contributed by atoms with Crippen molar-refractivity contribution < 1.29 is 18.9 Å². The number of carbonyl (C=O) groups is 1. The lowest BCUT2D eigenvalue weighted by Gasteiger charge is -2.05. The van der Waals surface area contributed by atoms with E-state index >= 15 is 0 Å². The van der Waals surface area contributed by atoms with Crippen LogP contribution >= 0.6 is 15.9 Å². The van der Waals surface area contributed by atoms with Crippen molar-refractivity contribution >= 4 is 27.5 Å². The third-order valence-corrected chi connectivity index (χ3v) is 3.03. The summed E-state index contributed by atoms with van der Waals surface area (Å²) in [5, 5.41) is 10.9. The van der Waals surface area contributed by atoms with Gasteiger partial charge in [0.05, 0.1) is 10.5 Å². The van der Waals surface area contributed by atoms with Crippen LogP contribution in [0.25, 0.3) is 0 Å². The van der Waals surface area contributed by atoms with Gasteiger partial charge in [0.2, 0.25) is 0 Å². The van der Waals surface area contributed by atoms with Crippen LogP contribution in [0.3, 0.4) is 0 Å². The van der Waals surface area contributed by atoms with Gasteiger partial charge in [0.25, 0.3) is 5.91 Å². The van der Waals surface area contributed by atoms with E-state index in [4.69, 9.17) is 15.0 Å².